The molecule has 1 amide bonds. The molecule has 5 nitrogen and oxygen atoms in total. The lowest BCUT2D eigenvalue weighted by Gasteiger charge is -2.13. The Labute approximate surface area is 126 Å². The summed E-state index contributed by atoms with van der Waals surface area (Å²) in [6.45, 7) is 0.913. The highest BCUT2D eigenvalue weighted by atomic mass is 35.5. The van der Waals surface area contributed by atoms with Crippen LogP contribution in [0.15, 0.2) is 24.3 Å². The number of methoxy groups -OCH3 is 2. The van der Waals surface area contributed by atoms with Crippen LogP contribution in [0.4, 0.5) is 0 Å². The molecule has 0 aliphatic heterocycles. The van der Waals surface area contributed by atoms with Crippen LogP contribution in [0.25, 0.3) is 0 Å². The van der Waals surface area contributed by atoms with Crippen LogP contribution in [0.2, 0.25) is 0 Å². The lowest BCUT2D eigenvalue weighted by atomic mass is 10.1. The van der Waals surface area contributed by atoms with Crippen molar-refractivity contribution in [2.75, 3.05) is 27.3 Å². The summed E-state index contributed by atoms with van der Waals surface area (Å²) >= 11 is 0. The number of nitrogens with two attached hydrogens (primary N) is 1. The van der Waals surface area contributed by atoms with Crippen molar-refractivity contribution in [2.24, 2.45) is 5.73 Å². The first-order valence-corrected chi connectivity index (χ1v) is 6.32. The van der Waals surface area contributed by atoms with Crippen molar-refractivity contribution in [2.45, 2.75) is 18.9 Å². The quantitative estimate of drug-likeness (QED) is 0.755. The molecule has 0 fully saturated rings. The molecule has 1 unspecified atom stereocenters. The van der Waals surface area contributed by atoms with Crippen LogP contribution in [-0.2, 0) is 16.0 Å². The van der Waals surface area contributed by atoms with E-state index in [4.69, 9.17) is 15.2 Å². The van der Waals surface area contributed by atoms with Crippen molar-refractivity contribution in [3.8, 4) is 5.75 Å². The Bertz CT molecular complexity index is 398. The molecule has 1 atom stereocenters. The van der Waals surface area contributed by atoms with Crippen LogP contribution >= 0.6 is 12.4 Å². The Hall–Kier alpha value is -1.30. The monoisotopic (exact) mass is 302 g/mol. The van der Waals surface area contributed by atoms with Crippen LogP contribution in [0.5, 0.6) is 5.75 Å². The summed E-state index contributed by atoms with van der Waals surface area (Å²) in [6.07, 6.45) is 0.806. The number of carbonyl (C=O) groups excluding carboxylic acids is 1. The predicted octanol–water partition coefficient (Wildman–Crippen LogP) is 1.14. The molecule has 1 aromatic rings. The topological polar surface area (TPSA) is 73.6 Å². The smallest absolute Gasteiger partial charge is 0.222 e. The van der Waals surface area contributed by atoms with Gasteiger partial charge < -0.3 is 20.5 Å². The van der Waals surface area contributed by atoms with Gasteiger partial charge in [-0.2, -0.15) is 0 Å². The Kier molecular flexibility index (Phi) is 9.80. The Morgan fingerprint density at radius 1 is 1.35 bits per heavy atom. The molecule has 3 N–H and O–H groups in total. The molecular formula is C14H23ClN2O3. The standard InChI is InChI=1S/C14H22N2O3.ClH/c1-18-12(10-15)9-14(17)16-8-7-11-5-3-4-6-13(11)19-2;/h3-6,12H,7-10,15H2,1-2H3,(H,16,17);1H. The number of ether oxygens (including phenoxy) is 2. The first-order chi connectivity index (χ1) is 9.21. The van der Waals surface area contributed by atoms with Gasteiger partial charge in [-0.3, -0.25) is 4.79 Å². The minimum atomic E-state index is -0.216. The number of benzene rings is 1. The van der Waals surface area contributed by atoms with Gasteiger partial charge in [0.1, 0.15) is 5.75 Å². The van der Waals surface area contributed by atoms with Crippen molar-refractivity contribution >= 4 is 18.3 Å². The largest absolute Gasteiger partial charge is 0.496 e. The summed E-state index contributed by atoms with van der Waals surface area (Å²) in [4.78, 5) is 11.6. The third-order valence-electron chi connectivity index (χ3n) is 2.92. The van der Waals surface area contributed by atoms with Gasteiger partial charge in [0.25, 0.3) is 0 Å². The second-order valence-electron chi connectivity index (χ2n) is 4.21. The summed E-state index contributed by atoms with van der Waals surface area (Å²) in [6, 6.07) is 7.77. The van der Waals surface area contributed by atoms with E-state index in [0.717, 1.165) is 17.7 Å². The summed E-state index contributed by atoms with van der Waals surface area (Å²) in [5.74, 6) is 0.792. The highest BCUT2D eigenvalue weighted by molar-refractivity contribution is 5.85. The van der Waals surface area contributed by atoms with Crippen molar-refractivity contribution in [1.82, 2.24) is 5.32 Å². The van der Waals surface area contributed by atoms with Gasteiger partial charge in [-0.05, 0) is 18.1 Å². The second-order valence-corrected chi connectivity index (χ2v) is 4.21. The summed E-state index contributed by atoms with van der Waals surface area (Å²) in [7, 11) is 3.20. The number of rotatable bonds is 8. The minimum absolute atomic E-state index is 0. The van der Waals surface area contributed by atoms with Crippen molar-refractivity contribution in [1.29, 1.82) is 0 Å². The zero-order valence-corrected chi connectivity index (χ0v) is 12.7. The van der Waals surface area contributed by atoms with Gasteiger partial charge in [-0.15, -0.1) is 12.4 Å². The molecule has 0 heterocycles. The fourth-order valence-corrected chi connectivity index (χ4v) is 1.79. The molecule has 0 radical (unpaired) electrons. The van der Waals surface area contributed by atoms with Gasteiger partial charge in [-0.25, -0.2) is 0 Å². The summed E-state index contributed by atoms with van der Waals surface area (Å²) in [5.41, 5.74) is 6.54. The molecule has 0 saturated heterocycles. The van der Waals surface area contributed by atoms with Crippen LogP contribution in [0.1, 0.15) is 12.0 Å². The molecule has 0 spiro atoms. The Morgan fingerprint density at radius 2 is 2.05 bits per heavy atom. The van der Waals surface area contributed by atoms with Gasteiger partial charge in [0.15, 0.2) is 0 Å². The molecule has 6 heteroatoms. The molecule has 0 bridgehead atoms. The van der Waals surface area contributed by atoms with E-state index in [2.05, 4.69) is 5.32 Å². The SMILES string of the molecule is COc1ccccc1CCNC(=O)CC(CN)OC.Cl. The Balaban J connectivity index is 0.00000361. The zero-order chi connectivity index (χ0) is 14.1. The fraction of sp³-hybridized carbons (Fsp3) is 0.500. The van der Waals surface area contributed by atoms with Gasteiger partial charge in [0, 0.05) is 20.2 Å². The van der Waals surface area contributed by atoms with Gasteiger partial charge in [0.05, 0.1) is 19.6 Å². The third kappa shape index (κ3) is 6.23. The highest BCUT2D eigenvalue weighted by Crippen LogP contribution is 2.17. The molecule has 0 aliphatic rings. The number of hydrogen-bond donors (Lipinski definition) is 2. The molecule has 114 valence electrons. The number of hydrogen-bond acceptors (Lipinski definition) is 4. The predicted molar refractivity (Wildman–Crippen MR) is 81.4 cm³/mol. The Morgan fingerprint density at radius 3 is 2.65 bits per heavy atom. The average molecular weight is 303 g/mol. The number of nitrogens with one attached hydrogen (secondary N) is 1. The maximum atomic E-state index is 11.6. The van der Waals surface area contributed by atoms with Crippen LogP contribution in [-0.4, -0.2) is 39.3 Å². The van der Waals surface area contributed by atoms with E-state index in [1.165, 1.54) is 0 Å². The maximum absolute atomic E-state index is 11.6. The second kappa shape index (κ2) is 10.5. The number of amides is 1. The van der Waals surface area contributed by atoms with Crippen LogP contribution in [0.3, 0.4) is 0 Å². The summed E-state index contributed by atoms with van der Waals surface area (Å²) in [5, 5.41) is 2.85. The van der Waals surface area contributed by atoms with Gasteiger partial charge >= 0.3 is 0 Å². The van der Waals surface area contributed by atoms with Crippen LogP contribution in [0, 0.1) is 0 Å². The molecule has 0 saturated carbocycles. The number of para-hydroxylation sites is 1. The van der Waals surface area contributed by atoms with Crippen molar-refractivity contribution < 1.29 is 14.3 Å². The first-order valence-electron chi connectivity index (χ1n) is 6.32. The zero-order valence-electron chi connectivity index (χ0n) is 11.9. The summed E-state index contributed by atoms with van der Waals surface area (Å²) < 4.78 is 10.3. The van der Waals surface area contributed by atoms with E-state index < -0.39 is 0 Å². The van der Waals surface area contributed by atoms with E-state index in [0.29, 0.717) is 19.5 Å². The first kappa shape index (κ1) is 18.7. The normalized spacial score (nSPS) is 11.3. The molecule has 1 aromatic carbocycles. The molecule has 20 heavy (non-hydrogen) atoms. The van der Waals surface area contributed by atoms with E-state index in [1.807, 2.05) is 24.3 Å². The molecular weight excluding hydrogens is 280 g/mol. The van der Waals surface area contributed by atoms with E-state index >= 15 is 0 Å². The molecule has 1 rings (SSSR count). The molecule has 0 aromatic heterocycles. The lowest BCUT2D eigenvalue weighted by Crippen LogP contribution is -2.33. The molecule has 0 aliphatic carbocycles. The van der Waals surface area contributed by atoms with E-state index in [9.17, 15) is 4.79 Å². The maximum Gasteiger partial charge on any atom is 0.222 e. The minimum Gasteiger partial charge on any atom is -0.496 e. The van der Waals surface area contributed by atoms with Crippen molar-refractivity contribution in [3.05, 3.63) is 29.8 Å². The van der Waals surface area contributed by atoms with Gasteiger partial charge in [0.2, 0.25) is 5.91 Å². The van der Waals surface area contributed by atoms with E-state index in [-0.39, 0.29) is 24.4 Å². The highest BCUT2D eigenvalue weighted by Gasteiger charge is 2.11. The lowest BCUT2D eigenvalue weighted by molar-refractivity contribution is -0.123. The van der Waals surface area contributed by atoms with E-state index in [1.54, 1.807) is 14.2 Å². The van der Waals surface area contributed by atoms with Crippen molar-refractivity contribution in [3.63, 3.8) is 0 Å². The fourth-order valence-electron chi connectivity index (χ4n) is 1.79. The third-order valence-corrected chi connectivity index (χ3v) is 2.92. The number of halogens is 1. The number of carbonyl (C=O) groups is 1. The van der Waals surface area contributed by atoms with Crippen LogP contribution < -0.4 is 15.8 Å². The van der Waals surface area contributed by atoms with Gasteiger partial charge in [-0.1, -0.05) is 18.2 Å². The average Bonchev–Trinajstić information content (AvgIpc) is 2.45.